The monoisotopic (exact) mass is 407 g/mol. The second-order valence-electron chi connectivity index (χ2n) is 5.80. The zero-order valence-electron chi connectivity index (χ0n) is 15.4. The molecule has 148 valence electrons. The van der Waals surface area contributed by atoms with Gasteiger partial charge in [0, 0.05) is 12.6 Å². The highest BCUT2D eigenvalue weighted by atomic mass is 32.2. The van der Waals surface area contributed by atoms with E-state index in [2.05, 4.69) is 10.1 Å². The van der Waals surface area contributed by atoms with Crippen LogP contribution in [-0.2, 0) is 16.6 Å². The Hall–Kier alpha value is -2.98. The largest absolute Gasteiger partial charge is 0.497 e. The minimum Gasteiger partial charge on any atom is -0.497 e. The van der Waals surface area contributed by atoms with Crippen LogP contribution in [0.5, 0.6) is 11.5 Å². The van der Waals surface area contributed by atoms with Crippen LogP contribution < -0.4 is 9.47 Å². The number of hydrogen-bond donors (Lipinski definition) is 0. The van der Waals surface area contributed by atoms with Gasteiger partial charge in [-0.15, -0.1) is 0 Å². The maximum atomic E-state index is 13.9. The molecule has 0 spiro atoms. The van der Waals surface area contributed by atoms with E-state index in [1.54, 1.807) is 31.4 Å². The molecule has 0 aliphatic heterocycles. The fraction of sp³-hybridized carbons (Fsp3) is 0.222. The average Bonchev–Trinajstić information content (AvgIpc) is 3.16. The lowest BCUT2D eigenvalue weighted by molar-refractivity contribution is 0.336. The van der Waals surface area contributed by atoms with Gasteiger partial charge in [-0.25, -0.2) is 12.8 Å². The first-order valence-corrected chi connectivity index (χ1v) is 9.56. The van der Waals surface area contributed by atoms with E-state index in [9.17, 15) is 12.8 Å². The van der Waals surface area contributed by atoms with Crippen LogP contribution >= 0.6 is 0 Å². The smallest absolute Gasteiger partial charge is 0.243 e. The number of aromatic nitrogens is 2. The topological polar surface area (TPSA) is 94.8 Å². The van der Waals surface area contributed by atoms with Crippen molar-refractivity contribution >= 4 is 10.0 Å². The number of nitrogens with zero attached hydrogens (tertiary/aromatic N) is 3. The minimum atomic E-state index is -3.96. The number of sulfonamides is 1. The SMILES string of the molecule is COc1cccc(-c2noc(CN(C)S(=O)(=O)c3ccc(OC)c(F)c3)n2)c1. The summed E-state index contributed by atoms with van der Waals surface area (Å²) in [4.78, 5) is 4.01. The molecule has 0 aliphatic rings. The van der Waals surface area contributed by atoms with E-state index in [0.29, 0.717) is 17.1 Å². The zero-order chi connectivity index (χ0) is 20.3. The van der Waals surface area contributed by atoms with Gasteiger partial charge in [0.1, 0.15) is 5.75 Å². The zero-order valence-corrected chi connectivity index (χ0v) is 16.2. The van der Waals surface area contributed by atoms with Crippen LogP contribution in [0.3, 0.4) is 0 Å². The Morgan fingerprint density at radius 2 is 1.93 bits per heavy atom. The van der Waals surface area contributed by atoms with E-state index in [1.807, 2.05) is 0 Å². The van der Waals surface area contributed by atoms with Gasteiger partial charge in [-0.2, -0.15) is 9.29 Å². The molecule has 0 atom stereocenters. The lowest BCUT2D eigenvalue weighted by atomic mass is 10.2. The molecule has 1 aromatic heterocycles. The van der Waals surface area contributed by atoms with Gasteiger partial charge < -0.3 is 14.0 Å². The van der Waals surface area contributed by atoms with Gasteiger partial charge in [-0.3, -0.25) is 0 Å². The van der Waals surface area contributed by atoms with Crippen LogP contribution in [0.25, 0.3) is 11.4 Å². The van der Waals surface area contributed by atoms with Crippen LogP contribution in [0.1, 0.15) is 5.89 Å². The van der Waals surface area contributed by atoms with E-state index in [4.69, 9.17) is 14.0 Å². The van der Waals surface area contributed by atoms with Gasteiger partial charge in [0.15, 0.2) is 11.6 Å². The number of methoxy groups -OCH3 is 2. The minimum absolute atomic E-state index is 0.0403. The second-order valence-corrected chi connectivity index (χ2v) is 7.85. The van der Waals surface area contributed by atoms with Crippen molar-refractivity contribution in [2.45, 2.75) is 11.4 Å². The molecule has 8 nitrogen and oxygen atoms in total. The van der Waals surface area contributed by atoms with E-state index in [-0.39, 0.29) is 23.1 Å². The third-order valence-corrected chi connectivity index (χ3v) is 5.78. The molecule has 0 N–H and O–H groups in total. The van der Waals surface area contributed by atoms with Crippen LogP contribution in [0.2, 0.25) is 0 Å². The number of benzene rings is 2. The van der Waals surface area contributed by atoms with Crippen molar-refractivity contribution in [3.8, 4) is 22.9 Å². The van der Waals surface area contributed by atoms with Gasteiger partial charge in [0.25, 0.3) is 0 Å². The van der Waals surface area contributed by atoms with Crippen LogP contribution in [0, 0.1) is 5.82 Å². The summed E-state index contributed by atoms with van der Waals surface area (Å²) in [6.45, 7) is -0.174. The molecule has 0 aliphatic carbocycles. The summed E-state index contributed by atoms with van der Waals surface area (Å²) in [5.74, 6) is 0.217. The average molecular weight is 407 g/mol. The Bertz CT molecular complexity index is 1080. The summed E-state index contributed by atoms with van der Waals surface area (Å²) >= 11 is 0. The van der Waals surface area contributed by atoms with Gasteiger partial charge in [-0.1, -0.05) is 17.3 Å². The first-order valence-electron chi connectivity index (χ1n) is 8.12. The Balaban J connectivity index is 1.80. The summed E-state index contributed by atoms with van der Waals surface area (Å²) < 4.78 is 55.3. The Kier molecular flexibility index (Phi) is 5.61. The molecule has 3 rings (SSSR count). The summed E-state index contributed by atoms with van der Waals surface area (Å²) in [6.07, 6.45) is 0. The summed E-state index contributed by atoms with van der Waals surface area (Å²) in [7, 11) is 0.223. The van der Waals surface area contributed by atoms with Crippen LogP contribution in [-0.4, -0.2) is 44.1 Å². The molecule has 0 saturated carbocycles. The third-order valence-electron chi connectivity index (χ3n) is 3.99. The van der Waals surface area contributed by atoms with Crippen molar-refractivity contribution in [3.63, 3.8) is 0 Å². The lowest BCUT2D eigenvalue weighted by Gasteiger charge is -2.15. The number of halogens is 1. The Labute approximate surface area is 161 Å². The molecular weight excluding hydrogens is 389 g/mol. The summed E-state index contributed by atoms with van der Waals surface area (Å²) in [6, 6.07) is 10.5. The van der Waals surface area contributed by atoms with Crippen molar-refractivity contribution in [2.75, 3.05) is 21.3 Å². The highest BCUT2D eigenvalue weighted by Crippen LogP contribution is 2.24. The highest BCUT2D eigenvalue weighted by molar-refractivity contribution is 7.89. The van der Waals surface area contributed by atoms with E-state index >= 15 is 0 Å². The van der Waals surface area contributed by atoms with Crippen molar-refractivity contribution < 1.29 is 26.8 Å². The van der Waals surface area contributed by atoms with E-state index in [0.717, 1.165) is 10.4 Å². The van der Waals surface area contributed by atoms with Gasteiger partial charge in [0.2, 0.25) is 21.7 Å². The highest BCUT2D eigenvalue weighted by Gasteiger charge is 2.24. The standard InChI is InChI=1S/C18H18FN3O5S/c1-22(28(23,24)14-7-8-16(26-3)15(19)10-14)11-17-20-18(21-27-17)12-5-4-6-13(9-12)25-2/h4-10H,11H2,1-3H3. The van der Waals surface area contributed by atoms with Crippen molar-refractivity contribution in [3.05, 3.63) is 54.2 Å². The van der Waals surface area contributed by atoms with Crippen LogP contribution in [0.4, 0.5) is 4.39 Å². The molecule has 0 fully saturated rings. The summed E-state index contributed by atoms with van der Waals surface area (Å²) in [5, 5.41) is 3.87. The van der Waals surface area contributed by atoms with Crippen molar-refractivity contribution in [1.82, 2.24) is 14.4 Å². The number of hydrogen-bond acceptors (Lipinski definition) is 7. The normalized spacial score (nSPS) is 11.6. The first-order chi connectivity index (χ1) is 13.3. The summed E-state index contributed by atoms with van der Waals surface area (Å²) in [5.41, 5.74) is 0.664. The maximum Gasteiger partial charge on any atom is 0.243 e. The number of rotatable bonds is 7. The molecule has 0 amide bonds. The Morgan fingerprint density at radius 1 is 1.14 bits per heavy atom. The predicted molar refractivity (Wildman–Crippen MR) is 97.9 cm³/mol. The lowest BCUT2D eigenvalue weighted by Crippen LogP contribution is -2.26. The molecule has 0 unspecified atom stereocenters. The van der Waals surface area contributed by atoms with E-state index < -0.39 is 15.8 Å². The molecule has 2 aromatic carbocycles. The Morgan fingerprint density at radius 3 is 2.61 bits per heavy atom. The number of ether oxygens (including phenoxy) is 2. The van der Waals surface area contributed by atoms with Crippen molar-refractivity contribution in [2.24, 2.45) is 0 Å². The predicted octanol–water partition coefficient (Wildman–Crippen LogP) is 2.71. The molecule has 28 heavy (non-hydrogen) atoms. The van der Waals surface area contributed by atoms with Gasteiger partial charge in [-0.05, 0) is 30.3 Å². The van der Waals surface area contributed by atoms with Crippen molar-refractivity contribution in [1.29, 1.82) is 0 Å². The van der Waals surface area contributed by atoms with Crippen LogP contribution in [0.15, 0.2) is 51.9 Å². The molecule has 0 radical (unpaired) electrons. The molecule has 10 heteroatoms. The molecular formula is C18H18FN3O5S. The van der Waals surface area contributed by atoms with E-state index in [1.165, 1.54) is 26.3 Å². The quantitative estimate of drug-likeness (QED) is 0.594. The fourth-order valence-electron chi connectivity index (χ4n) is 2.46. The molecule has 0 saturated heterocycles. The molecule has 1 heterocycles. The van der Waals surface area contributed by atoms with Gasteiger partial charge in [0.05, 0.1) is 25.7 Å². The second kappa shape index (κ2) is 7.95. The maximum absolute atomic E-state index is 13.9. The fourth-order valence-corrected chi connectivity index (χ4v) is 3.59. The molecule has 0 bridgehead atoms. The van der Waals surface area contributed by atoms with Gasteiger partial charge >= 0.3 is 0 Å². The first kappa shape index (κ1) is 19.8. The molecule has 3 aromatic rings. The third kappa shape index (κ3) is 3.97.